The van der Waals surface area contributed by atoms with E-state index in [1.54, 1.807) is 19.4 Å². The van der Waals surface area contributed by atoms with Gasteiger partial charge in [0.2, 0.25) is 11.8 Å². The molecule has 6 heteroatoms. The number of hydrogen-bond acceptors (Lipinski definition) is 6. The topological polar surface area (TPSA) is 76.5 Å². The Morgan fingerprint density at radius 3 is 3.00 bits per heavy atom. The molecule has 0 aliphatic carbocycles. The highest BCUT2D eigenvalue weighted by Gasteiger charge is 2.09. The molecular weight excluding hydrogens is 222 g/mol. The molecule has 0 aromatic carbocycles. The summed E-state index contributed by atoms with van der Waals surface area (Å²) in [4.78, 5) is 8.27. The van der Waals surface area contributed by atoms with Crippen LogP contribution in [0.15, 0.2) is 12.3 Å². The zero-order chi connectivity index (χ0) is 12.5. The van der Waals surface area contributed by atoms with Crippen LogP contribution in [0.2, 0.25) is 0 Å². The summed E-state index contributed by atoms with van der Waals surface area (Å²) >= 11 is 0. The number of rotatable bonds is 8. The molecule has 0 aliphatic heterocycles. The SMILES string of the molecule is CCOc1ccnc(NC(CCO)COC)n1. The molecular formula is C11H19N3O3. The van der Waals surface area contributed by atoms with Crippen LogP contribution >= 0.6 is 0 Å². The minimum absolute atomic E-state index is 0.0122. The lowest BCUT2D eigenvalue weighted by Gasteiger charge is -2.16. The fourth-order valence-corrected chi connectivity index (χ4v) is 1.38. The van der Waals surface area contributed by atoms with Crippen molar-refractivity contribution < 1.29 is 14.6 Å². The highest BCUT2D eigenvalue weighted by molar-refractivity contribution is 5.28. The standard InChI is InChI=1S/C11H19N3O3/c1-3-17-10-4-6-12-11(14-10)13-9(5-7-15)8-16-2/h4,6,9,15H,3,5,7-8H2,1-2H3,(H,12,13,14). The van der Waals surface area contributed by atoms with Gasteiger partial charge in [-0.05, 0) is 13.3 Å². The molecule has 0 radical (unpaired) electrons. The molecule has 1 aromatic rings. The Hall–Kier alpha value is -1.40. The number of methoxy groups -OCH3 is 1. The molecule has 1 heterocycles. The molecule has 17 heavy (non-hydrogen) atoms. The van der Waals surface area contributed by atoms with Gasteiger partial charge in [-0.15, -0.1) is 0 Å². The predicted molar refractivity (Wildman–Crippen MR) is 64.2 cm³/mol. The Bertz CT molecular complexity index is 317. The van der Waals surface area contributed by atoms with Gasteiger partial charge < -0.3 is 19.9 Å². The van der Waals surface area contributed by atoms with E-state index < -0.39 is 0 Å². The van der Waals surface area contributed by atoms with Crippen molar-refractivity contribution in [3.8, 4) is 5.88 Å². The van der Waals surface area contributed by atoms with Crippen molar-refractivity contribution in [2.24, 2.45) is 0 Å². The molecule has 1 unspecified atom stereocenters. The molecule has 1 aromatic heterocycles. The monoisotopic (exact) mass is 241 g/mol. The number of anilines is 1. The van der Waals surface area contributed by atoms with Crippen LogP contribution in [0.3, 0.4) is 0 Å². The molecule has 96 valence electrons. The van der Waals surface area contributed by atoms with Gasteiger partial charge in [-0.1, -0.05) is 0 Å². The Morgan fingerprint density at radius 1 is 1.53 bits per heavy atom. The van der Waals surface area contributed by atoms with Crippen molar-refractivity contribution >= 4 is 5.95 Å². The third-order valence-corrected chi connectivity index (χ3v) is 2.10. The van der Waals surface area contributed by atoms with E-state index in [1.165, 1.54) is 0 Å². The first-order valence-electron chi connectivity index (χ1n) is 5.62. The maximum absolute atomic E-state index is 8.92. The maximum atomic E-state index is 8.92. The van der Waals surface area contributed by atoms with Gasteiger partial charge in [-0.2, -0.15) is 4.98 Å². The smallest absolute Gasteiger partial charge is 0.226 e. The van der Waals surface area contributed by atoms with Crippen LogP contribution in [-0.2, 0) is 4.74 Å². The molecule has 1 atom stereocenters. The number of hydrogen-bond donors (Lipinski definition) is 2. The van der Waals surface area contributed by atoms with Gasteiger partial charge in [0.15, 0.2) is 0 Å². The first-order valence-corrected chi connectivity index (χ1v) is 5.62. The van der Waals surface area contributed by atoms with Crippen LogP contribution < -0.4 is 10.1 Å². The molecule has 0 fully saturated rings. The van der Waals surface area contributed by atoms with Crippen molar-refractivity contribution in [3.05, 3.63) is 12.3 Å². The number of nitrogens with zero attached hydrogens (tertiary/aromatic N) is 2. The molecule has 0 aliphatic rings. The lowest BCUT2D eigenvalue weighted by molar-refractivity contribution is 0.170. The molecule has 2 N–H and O–H groups in total. The van der Waals surface area contributed by atoms with E-state index in [9.17, 15) is 0 Å². The van der Waals surface area contributed by atoms with Gasteiger partial charge in [0.1, 0.15) is 0 Å². The second-order valence-corrected chi connectivity index (χ2v) is 3.46. The van der Waals surface area contributed by atoms with Crippen LogP contribution in [-0.4, -0.2) is 48.0 Å². The average molecular weight is 241 g/mol. The van der Waals surface area contributed by atoms with Gasteiger partial charge >= 0.3 is 0 Å². The summed E-state index contributed by atoms with van der Waals surface area (Å²) in [5.41, 5.74) is 0. The van der Waals surface area contributed by atoms with E-state index in [1.807, 2.05) is 6.92 Å². The summed E-state index contributed by atoms with van der Waals surface area (Å²) < 4.78 is 10.3. The number of aliphatic hydroxyl groups excluding tert-OH is 1. The fourth-order valence-electron chi connectivity index (χ4n) is 1.38. The van der Waals surface area contributed by atoms with Crippen LogP contribution in [0.1, 0.15) is 13.3 Å². The predicted octanol–water partition coefficient (Wildman–Crippen LogP) is 0.685. The number of aromatic nitrogens is 2. The van der Waals surface area contributed by atoms with Crippen LogP contribution in [0.5, 0.6) is 5.88 Å². The Balaban J connectivity index is 2.60. The average Bonchev–Trinajstić information content (AvgIpc) is 2.30. The largest absolute Gasteiger partial charge is 0.478 e. The number of nitrogens with one attached hydrogen (secondary N) is 1. The van der Waals surface area contributed by atoms with Crippen LogP contribution in [0, 0.1) is 0 Å². The van der Waals surface area contributed by atoms with Crippen molar-refractivity contribution in [1.82, 2.24) is 9.97 Å². The summed E-state index contributed by atoms with van der Waals surface area (Å²) in [6.07, 6.45) is 2.21. The maximum Gasteiger partial charge on any atom is 0.226 e. The molecule has 0 spiro atoms. The van der Waals surface area contributed by atoms with E-state index >= 15 is 0 Å². The zero-order valence-corrected chi connectivity index (χ0v) is 10.2. The second-order valence-electron chi connectivity index (χ2n) is 3.46. The first kappa shape index (κ1) is 13.7. The van der Waals surface area contributed by atoms with E-state index in [0.29, 0.717) is 31.5 Å². The van der Waals surface area contributed by atoms with Crippen molar-refractivity contribution in [1.29, 1.82) is 0 Å². The third-order valence-electron chi connectivity index (χ3n) is 2.10. The van der Waals surface area contributed by atoms with Crippen LogP contribution in [0.4, 0.5) is 5.95 Å². The molecule has 0 amide bonds. The summed E-state index contributed by atoms with van der Waals surface area (Å²) in [6.45, 7) is 3.04. The normalized spacial score (nSPS) is 12.2. The van der Waals surface area contributed by atoms with E-state index in [2.05, 4.69) is 15.3 Å². The molecule has 0 saturated heterocycles. The van der Waals surface area contributed by atoms with Crippen molar-refractivity contribution in [3.63, 3.8) is 0 Å². The van der Waals surface area contributed by atoms with Gasteiger partial charge in [0.05, 0.1) is 19.3 Å². The Kier molecular flexibility index (Phi) is 6.27. The highest BCUT2D eigenvalue weighted by atomic mass is 16.5. The van der Waals surface area contributed by atoms with E-state index in [0.717, 1.165) is 0 Å². The summed E-state index contributed by atoms with van der Waals surface area (Å²) in [5.74, 6) is 1.01. The summed E-state index contributed by atoms with van der Waals surface area (Å²) in [5, 5.41) is 12.0. The quantitative estimate of drug-likeness (QED) is 0.697. The minimum atomic E-state index is -0.0122. The van der Waals surface area contributed by atoms with Gasteiger partial charge in [-0.3, -0.25) is 0 Å². The van der Waals surface area contributed by atoms with E-state index in [4.69, 9.17) is 14.6 Å². The van der Waals surface area contributed by atoms with Crippen molar-refractivity contribution in [2.75, 3.05) is 32.2 Å². The molecule has 0 bridgehead atoms. The number of ether oxygens (including phenoxy) is 2. The Morgan fingerprint density at radius 2 is 2.35 bits per heavy atom. The lowest BCUT2D eigenvalue weighted by Crippen LogP contribution is -2.27. The summed E-state index contributed by atoms with van der Waals surface area (Å²) in [7, 11) is 1.61. The van der Waals surface area contributed by atoms with Crippen LogP contribution in [0.25, 0.3) is 0 Å². The Labute approximate surface area is 101 Å². The molecule has 6 nitrogen and oxygen atoms in total. The second kappa shape index (κ2) is 7.81. The van der Waals surface area contributed by atoms with Gasteiger partial charge in [0.25, 0.3) is 0 Å². The van der Waals surface area contributed by atoms with Gasteiger partial charge in [-0.25, -0.2) is 4.98 Å². The number of aliphatic hydroxyl groups is 1. The third kappa shape index (κ3) is 4.97. The summed E-state index contributed by atoms with van der Waals surface area (Å²) in [6, 6.07) is 1.69. The fraction of sp³-hybridized carbons (Fsp3) is 0.636. The lowest BCUT2D eigenvalue weighted by atomic mass is 10.2. The highest BCUT2D eigenvalue weighted by Crippen LogP contribution is 2.10. The van der Waals surface area contributed by atoms with Crippen molar-refractivity contribution in [2.45, 2.75) is 19.4 Å². The zero-order valence-electron chi connectivity index (χ0n) is 10.2. The molecule has 0 saturated carbocycles. The minimum Gasteiger partial charge on any atom is -0.478 e. The van der Waals surface area contributed by atoms with Gasteiger partial charge in [0, 0.05) is 26.0 Å². The van der Waals surface area contributed by atoms with E-state index in [-0.39, 0.29) is 12.6 Å². The molecule has 1 rings (SSSR count). The first-order chi connectivity index (χ1) is 8.30.